The monoisotopic (exact) mass is 1950 g/mol. The summed E-state index contributed by atoms with van der Waals surface area (Å²) in [5.41, 5.74) is 25.1. The Labute approximate surface area is 871 Å². The van der Waals surface area contributed by atoms with E-state index in [0.29, 0.717) is 44.8 Å². The van der Waals surface area contributed by atoms with Crippen molar-refractivity contribution in [2.45, 2.75) is 383 Å². The molecule has 0 aliphatic carbocycles. The van der Waals surface area contributed by atoms with Crippen LogP contribution in [0.15, 0.2) is 194 Å². The molecule has 0 saturated carbocycles. The first-order valence-electron chi connectivity index (χ1n) is 55.5. The van der Waals surface area contributed by atoms with Crippen LogP contribution in [0.4, 0.5) is 44.6 Å². The molecular formula is C129H195N11O3. The van der Waals surface area contributed by atoms with E-state index in [2.05, 4.69) is 429 Å². The highest BCUT2D eigenvalue weighted by molar-refractivity contribution is 5.72. The third-order valence-electron chi connectivity index (χ3n) is 33.1. The summed E-state index contributed by atoms with van der Waals surface area (Å²) in [7, 11) is 0. The van der Waals surface area contributed by atoms with Crippen LogP contribution in [0.3, 0.4) is 0 Å². The van der Waals surface area contributed by atoms with E-state index in [9.17, 15) is 9.90 Å². The lowest BCUT2D eigenvalue weighted by atomic mass is 9.67. The van der Waals surface area contributed by atoms with Gasteiger partial charge in [0.15, 0.2) is 0 Å². The van der Waals surface area contributed by atoms with Gasteiger partial charge in [-0.3, -0.25) is 0 Å². The number of aryl methyl sites for hydroxylation is 1. The molecule has 11 aliphatic heterocycles. The van der Waals surface area contributed by atoms with Crippen LogP contribution in [0.1, 0.15) is 344 Å². The molecular weight excluding hydrogens is 1750 g/mol. The fourth-order valence-electron chi connectivity index (χ4n) is 25.5. The van der Waals surface area contributed by atoms with Crippen LogP contribution < -0.4 is 34.3 Å². The molecule has 143 heavy (non-hydrogen) atoms. The van der Waals surface area contributed by atoms with E-state index in [1.807, 2.05) is 41.3 Å². The number of phenolic OH excluding ortho intramolecular Hbond substituents is 1. The summed E-state index contributed by atoms with van der Waals surface area (Å²) in [6, 6.07) is 69.7. The number of anilines is 7. The highest BCUT2D eigenvalue weighted by Gasteiger charge is 2.52. The van der Waals surface area contributed by atoms with Crippen LogP contribution in [0.2, 0.25) is 0 Å². The topological polar surface area (TPSA) is 82.2 Å². The zero-order valence-electron chi connectivity index (χ0n) is 96.2. The van der Waals surface area contributed by atoms with Crippen molar-refractivity contribution in [2.75, 3.05) is 152 Å². The number of phenols is 1. The van der Waals surface area contributed by atoms with Gasteiger partial charge in [-0.2, -0.15) is 0 Å². The number of rotatable bonds is 6. The second-order valence-corrected chi connectivity index (χ2v) is 55.8. The van der Waals surface area contributed by atoms with Crippen molar-refractivity contribution in [3.8, 4) is 5.75 Å². The van der Waals surface area contributed by atoms with Gasteiger partial charge >= 0.3 is 6.09 Å². The van der Waals surface area contributed by atoms with Gasteiger partial charge in [0, 0.05) is 179 Å². The smallest absolute Gasteiger partial charge is 0.410 e. The third-order valence-corrected chi connectivity index (χ3v) is 33.1. The molecule has 0 atom stereocenters. The summed E-state index contributed by atoms with van der Waals surface area (Å²) in [5.74, 6) is 1.19. The predicted octanol–water partition coefficient (Wildman–Crippen LogP) is 29.5. The predicted molar refractivity (Wildman–Crippen MR) is 615 cm³/mol. The van der Waals surface area contributed by atoms with Gasteiger partial charge in [0.25, 0.3) is 0 Å². The van der Waals surface area contributed by atoms with Crippen LogP contribution >= 0.6 is 0 Å². The van der Waals surface area contributed by atoms with E-state index in [0.717, 1.165) is 75.7 Å². The molecule has 0 unspecified atom stereocenters. The number of aromatic hydroxyl groups is 1. The molecule has 8 aromatic rings. The lowest BCUT2D eigenvalue weighted by Crippen LogP contribution is -2.52. The zero-order chi connectivity index (χ0) is 104. The molecule has 4 saturated heterocycles. The minimum atomic E-state index is -0.197. The summed E-state index contributed by atoms with van der Waals surface area (Å²) < 4.78 is 5.54. The molecule has 1 N–H and O–H groups in total. The van der Waals surface area contributed by atoms with E-state index in [1.165, 1.54) is 193 Å². The number of benzene rings is 8. The van der Waals surface area contributed by atoms with Gasteiger partial charge in [0.2, 0.25) is 0 Å². The molecule has 1 amide bonds. The number of hydrogen-bond donors (Lipinski definition) is 1. The number of fused-ring (bicyclic) bond motifs is 11. The largest absolute Gasteiger partial charge is 0.506 e. The summed E-state index contributed by atoms with van der Waals surface area (Å²) >= 11 is 0. The maximum atomic E-state index is 12.5. The molecule has 8 aromatic carbocycles. The first-order chi connectivity index (χ1) is 66.6. The third kappa shape index (κ3) is 26.5. The molecule has 11 aliphatic rings. The van der Waals surface area contributed by atoms with Gasteiger partial charge in [0.05, 0.1) is 5.69 Å². The second kappa shape index (κ2) is 43.2. The number of hydrogen-bond acceptors (Lipinski definition) is 13. The lowest BCUT2D eigenvalue weighted by Gasteiger charge is -2.52. The number of ether oxygens (including phenoxy) is 1. The fourth-order valence-corrected chi connectivity index (χ4v) is 25.5. The van der Waals surface area contributed by atoms with Crippen LogP contribution in [0.5, 0.6) is 5.75 Å². The average Bonchev–Trinajstić information content (AvgIpc) is 1.48. The van der Waals surface area contributed by atoms with Crippen molar-refractivity contribution in [2.24, 2.45) is 16.7 Å². The van der Waals surface area contributed by atoms with Gasteiger partial charge in [0.1, 0.15) is 12.4 Å². The molecule has 784 valence electrons. The van der Waals surface area contributed by atoms with E-state index in [1.54, 1.807) is 22.8 Å². The number of likely N-dealkylation sites (tertiary alicyclic amines) is 4. The Kier molecular flexibility index (Phi) is 33.7. The zero-order valence-corrected chi connectivity index (χ0v) is 96.2. The molecule has 19 rings (SSSR count). The summed E-state index contributed by atoms with van der Waals surface area (Å²) in [6.07, 6.45) is 14.4. The van der Waals surface area contributed by atoms with Crippen molar-refractivity contribution < 1.29 is 14.6 Å². The highest BCUT2D eigenvalue weighted by Crippen LogP contribution is 2.55. The van der Waals surface area contributed by atoms with Crippen LogP contribution in [0.25, 0.3) is 0 Å². The van der Waals surface area contributed by atoms with Gasteiger partial charge in [-0.25, -0.2) is 4.79 Å². The van der Waals surface area contributed by atoms with Crippen molar-refractivity contribution in [3.63, 3.8) is 0 Å². The number of nitrogens with zero attached hydrogens (tertiary/aromatic N) is 11. The number of amides is 1. The maximum absolute atomic E-state index is 12.5. The first kappa shape index (κ1) is 112. The first-order valence-corrected chi connectivity index (χ1v) is 55.5. The van der Waals surface area contributed by atoms with Crippen LogP contribution in [0, 0.1) is 16.7 Å². The quantitative estimate of drug-likeness (QED) is 0.172. The Morgan fingerprint density at radius 2 is 0.608 bits per heavy atom. The van der Waals surface area contributed by atoms with Gasteiger partial charge in [-0.1, -0.05) is 235 Å². The summed E-state index contributed by atoms with van der Waals surface area (Å²) in [5, 5.41) is 9.95. The minimum absolute atomic E-state index is 0.0774. The summed E-state index contributed by atoms with van der Waals surface area (Å²) in [6.45, 7) is 97.3. The van der Waals surface area contributed by atoms with Gasteiger partial charge in [-0.05, 0) is 371 Å². The number of para-hydroxylation sites is 7. The van der Waals surface area contributed by atoms with Gasteiger partial charge < -0.3 is 63.7 Å². The van der Waals surface area contributed by atoms with Crippen molar-refractivity contribution in [1.82, 2.24) is 19.6 Å². The molecule has 4 spiro atoms. The Bertz CT molecular complexity index is 5470. The minimum Gasteiger partial charge on any atom is -0.506 e. The second-order valence-electron chi connectivity index (χ2n) is 55.8. The van der Waals surface area contributed by atoms with E-state index in [4.69, 9.17) is 4.74 Å². The normalized spacial score (nSPS) is 20.0. The van der Waals surface area contributed by atoms with Crippen molar-refractivity contribution in [3.05, 3.63) is 239 Å². The number of piperidine rings is 4. The SMILES string of the molecule is CC(C)(C)CN1CCC2(CC1)CCN(C(C)(C)C)c1ccccc12.CC(C)(C)CN1CCC2(CC1)CN(C(C)(C)C)c1ccccc12.CC(C)(C)N1CC2(CCN(C(=O)OCc3ccccc3)CC2)c2ccccc21.CC(C)(C)N1CCCc2cccc(O)c21.CC(C)CN1CCC2(CC1)CN(C(C)(C)C)c1ccccc12.CC1(C)CCN(C(C)(C)C)c2ccccc21.CC1(C)CN(C(C)(C)C)c2ccccc21. The molecule has 14 heteroatoms. The Morgan fingerprint density at radius 3 is 0.986 bits per heavy atom. The van der Waals surface area contributed by atoms with Crippen molar-refractivity contribution in [1.29, 1.82) is 0 Å². The van der Waals surface area contributed by atoms with Crippen LogP contribution in [-0.2, 0) is 50.3 Å². The van der Waals surface area contributed by atoms with E-state index >= 15 is 0 Å². The molecule has 0 bridgehead atoms. The molecule has 0 aromatic heterocycles. The Balaban J connectivity index is 0.000000142. The molecule has 4 fully saturated rings. The summed E-state index contributed by atoms with van der Waals surface area (Å²) in [4.78, 5) is 40.2. The Morgan fingerprint density at radius 1 is 0.308 bits per heavy atom. The molecule has 14 nitrogen and oxygen atoms in total. The number of carbonyl (C=O) groups excluding carboxylic acids is 1. The standard InChI is InChI=1S/C24H30N2O2.C22H36N2.C21H34N2.C20H32N2.C15H23N.C14H21N.C13H19NO/c1-23(2,3)26-18-24(20-11-7-8-12-21(20)26)13-15-25(16-14-24)22(27)28-17-19-9-5-4-6-10-19;1-20(2,3)17-23-14-11-22(12-15-23)13-16-24(21(4,5)6)19-10-8-7-9-18(19)22;1-19(2,3)15-22-13-11-21(12-14-22)16-23(20(4,5)6)18-10-8-7-9-17(18)21;1-16(2)14-21-12-10-20(11-13-21)15-22(19(3,4)5)18-9-7-6-8-17(18)20;1-14(2,3)16-11-10-15(4,5)12-8-6-7-9-13(12)16;1-13(2,3)15-10-14(4,5)11-8-6-7-9-12(11)15;1-13(2,3)14-9-5-7-10-6-4-8-11(15)12(10)14/h4-12H,13-18H2,1-3H3;7-10H,11-17H2,1-6H3;7-10H,11-16H2,1-6H3;6-9,16H,10-15H2,1-5H3;6-9H,10-11H2,1-5H3;6-9H,10H2,1-5H3;4,6,8,15H,5,7,9H2,1-3H3. The molecule has 0 radical (unpaired) electrons. The van der Waals surface area contributed by atoms with E-state index in [-0.39, 0.29) is 55.7 Å². The van der Waals surface area contributed by atoms with Gasteiger partial charge in [-0.15, -0.1) is 0 Å². The van der Waals surface area contributed by atoms with Crippen molar-refractivity contribution >= 4 is 45.9 Å². The van der Waals surface area contributed by atoms with Crippen LogP contribution in [-0.4, -0.2) is 187 Å². The van der Waals surface area contributed by atoms with E-state index < -0.39 is 0 Å². The average molecular weight is 1950 g/mol. The number of carbonyl (C=O) groups is 1. The highest BCUT2D eigenvalue weighted by atomic mass is 16.6. The maximum Gasteiger partial charge on any atom is 0.410 e. The Hall–Kier alpha value is -8.69. The lowest BCUT2D eigenvalue weighted by molar-refractivity contribution is 0.0786. The molecule has 11 heterocycles. The fraction of sp³-hybridized carbons (Fsp3) is 0.620.